The van der Waals surface area contributed by atoms with Gasteiger partial charge in [0.1, 0.15) is 17.4 Å². The number of cyclic esters (lactones) is 1. The predicted octanol–water partition coefficient (Wildman–Crippen LogP) is 3.27. The highest BCUT2D eigenvalue weighted by atomic mass is 16.6. The lowest BCUT2D eigenvalue weighted by atomic mass is 9.99. The summed E-state index contributed by atoms with van der Waals surface area (Å²) < 4.78 is 16.9. The molecule has 24 heavy (non-hydrogen) atoms. The molecule has 6 nitrogen and oxygen atoms in total. The number of rotatable bonds is 1. The van der Waals surface area contributed by atoms with E-state index in [4.69, 9.17) is 14.2 Å². The first kappa shape index (κ1) is 16.8. The van der Waals surface area contributed by atoms with Crippen molar-refractivity contribution in [1.29, 1.82) is 0 Å². The van der Waals surface area contributed by atoms with Gasteiger partial charge in [0.15, 0.2) is 6.10 Å². The highest BCUT2D eigenvalue weighted by Crippen LogP contribution is 2.41. The first-order chi connectivity index (χ1) is 11.1. The van der Waals surface area contributed by atoms with Crippen LogP contribution in [0.1, 0.15) is 56.6 Å². The molecule has 1 aromatic rings. The largest absolute Gasteiger partial charge is 0.452 e. The van der Waals surface area contributed by atoms with E-state index in [9.17, 15) is 9.59 Å². The SMILES string of the molecule is CC(C)(C)OC(=O)N1[C@@H]([C@H]2OC(=O)c3ccccc32)COC1(C)C. The topological polar surface area (TPSA) is 65.1 Å². The zero-order chi connectivity index (χ0) is 17.7. The fourth-order valence-electron chi connectivity index (χ4n) is 3.18. The molecule has 0 spiro atoms. The number of amides is 1. The maximum Gasteiger partial charge on any atom is 0.413 e. The highest BCUT2D eigenvalue weighted by molar-refractivity contribution is 5.94. The molecule has 1 fully saturated rings. The van der Waals surface area contributed by atoms with Crippen LogP contribution in [0.3, 0.4) is 0 Å². The molecule has 1 aromatic carbocycles. The molecule has 0 bridgehead atoms. The van der Waals surface area contributed by atoms with Gasteiger partial charge in [0.05, 0.1) is 12.2 Å². The predicted molar refractivity (Wildman–Crippen MR) is 86.5 cm³/mol. The summed E-state index contributed by atoms with van der Waals surface area (Å²) in [5.74, 6) is -0.371. The lowest BCUT2D eigenvalue weighted by Gasteiger charge is -2.36. The molecule has 0 saturated carbocycles. The lowest BCUT2D eigenvalue weighted by molar-refractivity contribution is -0.0685. The summed E-state index contributed by atoms with van der Waals surface area (Å²) >= 11 is 0. The minimum Gasteiger partial charge on any atom is -0.452 e. The number of hydrogen-bond donors (Lipinski definition) is 0. The number of fused-ring (bicyclic) bond motifs is 1. The van der Waals surface area contributed by atoms with Crippen molar-refractivity contribution in [2.75, 3.05) is 6.61 Å². The fraction of sp³-hybridized carbons (Fsp3) is 0.556. The maximum atomic E-state index is 12.7. The van der Waals surface area contributed by atoms with Gasteiger partial charge in [0.25, 0.3) is 0 Å². The van der Waals surface area contributed by atoms with Crippen molar-refractivity contribution >= 4 is 12.1 Å². The van der Waals surface area contributed by atoms with Crippen LogP contribution in [-0.2, 0) is 14.2 Å². The van der Waals surface area contributed by atoms with Crippen LogP contribution < -0.4 is 0 Å². The third-order valence-corrected chi connectivity index (χ3v) is 4.18. The maximum absolute atomic E-state index is 12.7. The van der Waals surface area contributed by atoms with Crippen molar-refractivity contribution in [2.45, 2.75) is 58.1 Å². The summed E-state index contributed by atoms with van der Waals surface area (Å²) in [6.07, 6.45) is -1.03. The van der Waals surface area contributed by atoms with Crippen LogP contribution in [0.15, 0.2) is 24.3 Å². The van der Waals surface area contributed by atoms with Gasteiger partial charge in [-0.1, -0.05) is 18.2 Å². The van der Waals surface area contributed by atoms with E-state index in [2.05, 4.69) is 0 Å². The molecule has 2 aliphatic rings. The fourth-order valence-corrected chi connectivity index (χ4v) is 3.18. The summed E-state index contributed by atoms with van der Waals surface area (Å²) in [5.41, 5.74) is -0.139. The Morgan fingerprint density at radius 3 is 2.62 bits per heavy atom. The number of benzene rings is 1. The molecule has 6 heteroatoms. The Balaban J connectivity index is 1.93. The van der Waals surface area contributed by atoms with Crippen LogP contribution in [0.4, 0.5) is 4.79 Å². The molecule has 3 rings (SSSR count). The number of ether oxygens (including phenoxy) is 3. The van der Waals surface area contributed by atoms with Crippen LogP contribution in [0.2, 0.25) is 0 Å². The zero-order valence-corrected chi connectivity index (χ0v) is 14.7. The Bertz CT molecular complexity index is 676. The van der Waals surface area contributed by atoms with Crippen LogP contribution in [0, 0.1) is 0 Å². The Labute approximate surface area is 141 Å². The van der Waals surface area contributed by atoms with E-state index in [0.717, 1.165) is 5.56 Å². The van der Waals surface area contributed by atoms with Gasteiger partial charge in [-0.25, -0.2) is 9.59 Å². The number of carbonyl (C=O) groups excluding carboxylic acids is 2. The molecule has 2 atom stereocenters. The van der Waals surface area contributed by atoms with Gasteiger partial charge < -0.3 is 14.2 Å². The van der Waals surface area contributed by atoms with Gasteiger partial charge in [-0.2, -0.15) is 0 Å². The summed E-state index contributed by atoms with van der Waals surface area (Å²) in [6.45, 7) is 9.33. The van der Waals surface area contributed by atoms with Gasteiger partial charge in [0, 0.05) is 5.56 Å². The van der Waals surface area contributed by atoms with Crippen LogP contribution in [0.25, 0.3) is 0 Å². The second-order valence-corrected chi connectivity index (χ2v) is 7.59. The van der Waals surface area contributed by atoms with Gasteiger partial charge in [-0.3, -0.25) is 4.90 Å². The molecule has 0 N–H and O–H groups in total. The highest BCUT2D eigenvalue weighted by Gasteiger charge is 2.52. The molecule has 0 aromatic heterocycles. The standard InChI is InChI=1S/C18H23NO5/c1-17(2,3)24-16(21)19-13(10-22-18(19,4)5)14-11-8-6-7-9-12(11)15(20)23-14/h6-9,13-14H,10H2,1-5H3/t13-,14+/m1/s1. The number of hydrogen-bond acceptors (Lipinski definition) is 5. The minimum atomic E-state index is -0.836. The van der Waals surface area contributed by atoms with E-state index in [1.165, 1.54) is 4.90 Å². The van der Waals surface area contributed by atoms with Crippen molar-refractivity contribution in [1.82, 2.24) is 4.90 Å². The van der Waals surface area contributed by atoms with Crippen LogP contribution in [0.5, 0.6) is 0 Å². The second-order valence-electron chi connectivity index (χ2n) is 7.59. The molecule has 130 valence electrons. The Morgan fingerprint density at radius 2 is 1.96 bits per heavy atom. The molecule has 2 heterocycles. The number of carbonyl (C=O) groups is 2. The van der Waals surface area contributed by atoms with Crippen LogP contribution in [-0.4, -0.2) is 40.9 Å². The first-order valence-corrected chi connectivity index (χ1v) is 8.06. The van der Waals surface area contributed by atoms with Crippen molar-refractivity contribution < 1.29 is 23.8 Å². The molecule has 0 unspecified atom stereocenters. The summed E-state index contributed by atoms with van der Waals surface area (Å²) in [6, 6.07) is 6.80. The average molecular weight is 333 g/mol. The summed E-state index contributed by atoms with van der Waals surface area (Å²) in [4.78, 5) is 26.4. The van der Waals surface area contributed by atoms with Crippen molar-refractivity contribution in [3.05, 3.63) is 35.4 Å². The molecular formula is C18H23NO5. The molecular weight excluding hydrogens is 310 g/mol. The zero-order valence-electron chi connectivity index (χ0n) is 14.7. The van der Waals surface area contributed by atoms with Gasteiger partial charge >= 0.3 is 12.1 Å². The molecule has 0 radical (unpaired) electrons. The third kappa shape index (κ3) is 2.86. The molecule has 0 aliphatic carbocycles. The van der Waals surface area contributed by atoms with Crippen molar-refractivity contribution in [3.63, 3.8) is 0 Å². The van der Waals surface area contributed by atoms with E-state index in [0.29, 0.717) is 5.56 Å². The Kier molecular flexibility index (Phi) is 3.83. The van der Waals surface area contributed by atoms with Crippen LogP contribution >= 0.6 is 0 Å². The summed E-state index contributed by atoms with van der Waals surface area (Å²) in [7, 11) is 0. The van der Waals surface area contributed by atoms with Gasteiger partial charge in [0.2, 0.25) is 0 Å². The van der Waals surface area contributed by atoms with E-state index in [1.807, 2.05) is 32.9 Å². The van der Waals surface area contributed by atoms with Crippen molar-refractivity contribution in [3.8, 4) is 0 Å². The monoisotopic (exact) mass is 333 g/mol. The first-order valence-electron chi connectivity index (χ1n) is 8.06. The number of nitrogens with zero attached hydrogens (tertiary/aromatic N) is 1. The Morgan fingerprint density at radius 1 is 1.29 bits per heavy atom. The molecule has 2 aliphatic heterocycles. The lowest BCUT2D eigenvalue weighted by Crippen LogP contribution is -2.51. The van der Waals surface area contributed by atoms with Crippen molar-refractivity contribution in [2.24, 2.45) is 0 Å². The minimum absolute atomic E-state index is 0.276. The second kappa shape index (κ2) is 5.48. The van der Waals surface area contributed by atoms with E-state index < -0.39 is 29.6 Å². The Hall–Kier alpha value is -2.08. The normalized spacial score (nSPS) is 25.4. The van der Waals surface area contributed by atoms with Gasteiger partial charge in [-0.05, 0) is 40.7 Å². The van der Waals surface area contributed by atoms with Gasteiger partial charge in [-0.15, -0.1) is 0 Å². The average Bonchev–Trinajstić information content (AvgIpc) is 2.95. The van der Waals surface area contributed by atoms with E-state index >= 15 is 0 Å². The smallest absolute Gasteiger partial charge is 0.413 e. The third-order valence-electron chi connectivity index (χ3n) is 4.18. The summed E-state index contributed by atoms with van der Waals surface area (Å²) in [5, 5.41) is 0. The molecule has 1 amide bonds. The number of esters is 1. The van der Waals surface area contributed by atoms with E-state index in [-0.39, 0.29) is 12.6 Å². The van der Waals surface area contributed by atoms with E-state index in [1.54, 1.807) is 26.0 Å². The quantitative estimate of drug-likeness (QED) is 0.738. The molecule has 1 saturated heterocycles.